The van der Waals surface area contributed by atoms with Crippen molar-refractivity contribution in [3.8, 4) is 5.75 Å². The Labute approximate surface area is 121 Å². The minimum absolute atomic E-state index is 0.226. The summed E-state index contributed by atoms with van der Waals surface area (Å²) in [6.45, 7) is 9.37. The zero-order valence-corrected chi connectivity index (χ0v) is 12.7. The molecule has 4 nitrogen and oxygen atoms in total. The first-order valence-corrected chi connectivity index (χ1v) is 7.46. The summed E-state index contributed by atoms with van der Waals surface area (Å²) in [5, 5.41) is 0. The summed E-state index contributed by atoms with van der Waals surface area (Å²) in [5.41, 5.74) is 7.25. The number of benzene rings is 1. The number of ether oxygens (including phenoxy) is 2. The van der Waals surface area contributed by atoms with Gasteiger partial charge in [0, 0.05) is 25.7 Å². The van der Waals surface area contributed by atoms with E-state index in [1.165, 1.54) is 5.56 Å². The van der Waals surface area contributed by atoms with Gasteiger partial charge in [0.25, 0.3) is 0 Å². The van der Waals surface area contributed by atoms with Crippen molar-refractivity contribution in [1.29, 1.82) is 0 Å². The predicted molar refractivity (Wildman–Crippen MR) is 81.0 cm³/mol. The van der Waals surface area contributed by atoms with E-state index in [1.807, 2.05) is 19.1 Å². The number of nitrogens with zero attached hydrogens (tertiary/aromatic N) is 1. The Kier molecular flexibility index (Phi) is 5.40. The van der Waals surface area contributed by atoms with E-state index in [-0.39, 0.29) is 18.2 Å². The van der Waals surface area contributed by atoms with Crippen LogP contribution in [-0.4, -0.2) is 43.3 Å². The SMILES string of the molecule is CCOc1cccc(C(CN)N2C[C@@H](C)O[C@@H](C)C2)c1. The summed E-state index contributed by atoms with van der Waals surface area (Å²) >= 11 is 0. The highest BCUT2D eigenvalue weighted by Gasteiger charge is 2.28. The standard InChI is InChI=1S/C16H26N2O2/c1-4-19-15-7-5-6-14(8-15)16(9-17)18-10-12(2)20-13(3)11-18/h5-8,12-13,16H,4,9-11,17H2,1-3H3/t12-,13+,16?. The van der Waals surface area contributed by atoms with E-state index < -0.39 is 0 Å². The van der Waals surface area contributed by atoms with Gasteiger partial charge in [0.2, 0.25) is 0 Å². The molecule has 0 aromatic heterocycles. The highest BCUT2D eigenvalue weighted by atomic mass is 16.5. The van der Waals surface area contributed by atoms with Crippen molar-refractivity contribution >= 4 is 0 Å². The van der Waals surface area contributed by atoms with E-state index in [0.29, 0.717) is 13.2 Å². The molecule has 0 amide bonds. The molecule has 3 atom stereocenters. The summed E-state index contributed by atoms with van der Waals surface area (Å²) in [6.07, 6.45) is 0.505. The molecule has 0 aliphatic carbocycles. The van der Waals surface area contributed by atoms with Gasteiger partial charge in [0.1, 0.15) is 5.75 Å². The van der Waals surface area contributed by atoms with Crippen molar-refractivity contribution in [3.05, 3.63) is 29.8 Å². The Morgan fingerprint density at radius 2 is 2.05 bits per heavy atom. The van der Waals surface area contributed by atoms with Crippen molar-refractivity contribution in [2.24, 2.45) is 5.73 Å². The maximum Gasteiger partial charge on any atom is 0.119 e. The maximum atomic E-state index is 6.03. The van der Waals surface area contributed by atoms with Crippen molar-refractivity contribution in [1.82, 2.24) is 4.90 Å². The number of nitrogens with two attached hydrogens (primary N) is 1. The average Bonchev–Trinajstić information content (AvgIpc) is 2.39. The largest absolute Gasteiger partial charge is 0.494 e. The van der Waals surface area contributed by atoms with Gasteiger partial charge in [-0.05, 0) is 38.5 Å². The highest BCUT2D eigenvalue weighted by Crippen LogP contribution is 2.26. The smallest absolute Gasteiger partial charge is 0.119 e. The Morgan fingerprint density at radius 3 is 2.65 bits per heavy atom. The van der Waals surface area contributed by atoms with Gasteiger partial charge in [-0.3, -0.25) is 4.90 Å². The molecule has 2 rings (SSSR count). The van der Waals surface area contributed by atoms with Crippen LogP contribution in [0.2, 0.25) is 0 Å². The third-order valence-electron chi connectivity index (χ3n) is 3.67. The van der Waals surface area contributed by atoms with Gasteiger partial charge < -0.3 is 15.2 Å². The van der Waals surface area contributed by atoms with E-state index in [1.54, 1.807) is 0 Å². The Bertz CT molecular complexity index is 415. The summed E-state index contributed by atoms with van der Waals surface area (Å²) in [5.74, 6) is 0.915. The Hall–Kier alpha value is -1.10. The normalized spacial score (nSPS) is 25.4. The Morgan fingerprint density at radius 1 is 1.35 bits per heavy atom. The molecule has 112 valence electrons. The molecule has 1 aromatic rings. The predicted octanol–water partition coefficient (Wildman–Crippen LogP) is 2.19. The molecule has 1 aliphatic rings. The zero-order valence-electron chi connectivity index (χ0n) is 12.7. The average molecular weight is 278 g/mol. The lowest BCUT2D eigenvalue weighted by Crippen LogP contribution is -2.48. The fourth-order valence-corrected chi connectivity index (χ4v) is 2.95. The van der Waals surface area contributed by atoms with Gasteiger partial charge >= 0.3 is 0 Å². The third-order valence-corrected chi connectivity index (χ3v) is 3.67. The van der Waals surface area contributed by atoms with Crippen LogP contribution in [0.25, 0.3) is 0 Å². The monoisotopic (exact) mass is 278 g/mol. The van der Waals surface area contributed by atoms with Crippen LogP contribution in [0.15, 0.2) is 24.3 Å². The van der Waals surface area contributed by atoms with Crippen molar-refractivity contribution in [3.63, 3.8) is 0 Å². The van der Waals surface area contributed by atoms with E-state index >= 15 is 0 Å². The lowest BCUT2D eigenvalue weighted by Gasteiger charge is -2.40. The lowest BCUT2D eigenvalue weighted by atomic mass is 10.0. The van der Waals surface area contributed by atoms with E-state index in [0.717, 1.165) is 18.8 Å². The molecule has 1 unspecified atom stereocenters. The molecule has 2 N–H and O–H groups in total. The summed E-state index contributed by atoms with van der Waals surface area (Å²) in [6, 6.07) is 8.49. The quantitative estimate of drug-likeness (QED) is 0.897. The molecule has 1 aromatic carbocycles. The number of morpholine rings is 1. The first-order chi connectivity index (χ1) is 9.63. The lowest BCUT2D eigenvalue weighted by molar-refractivity contribution is -0.0799. The third kappa shape index (κ3) is 3.72. The van der Waals surface area contributed by atoms with Crippen molar-refractivity contribution in [2.45, 2.75) is 39.0 Å². The number of hydrogen-bond acceptors (Lipinski definition) is 4. The van der Waals surface area contributed by atoms with Gasteiger partial charge in [-0.15, -0.1) is 0 Å². The molecular weight excluding hydrogens is 252 g/mol. The molecule has 0 bridgehead atoms. The molecule has 1 aliphatic heterocycles. The zero-order chi connectivity index (χ0) is 14.5. The van der Waals surface area contributed by atoms with Crippen LogP contribution in [0.4, 0.5) is 0 Å². The number of rotatable bonds is 5. The maximum absolute atomic E-state index is 6.03. The second-order valence-corrected chi connectivity index (χ2v) is 5.47. The Balaban J connectivity index is 2.16. The van der Waals surface area contributed by atoms with Gasteiger partial charge in [-0.1, -0.05) is 12.1 Å². The van der Waals surface area contributed by atoms with Crippen LogP contribution in [0.5, 0.6) is 5.75 Å². The van der Waals surface area contributed by atoms with E-state index in [9.17, 15) is 0 Å². The minimum Gasteiger partial charge on any atom is -0.494 e. The van der Waals surface area contributed by atoms with Crippen LogP contribution < -0.4 is 10.5 Å². The number of hydrogen-bond donors (Lipinski definition) is 1. The fraction of sp³-hybridized carbons (Fsp3) is 0.625. The highest BCUT2D eigenvalue weighted by molar-refractivity contribution is 5.31. The summed E-state index contributed by atoms with van der Waals surface area (Å²) in [4.78, 5) is 2.42. The van der Waals surface area contributed by atoms with Gasteiger partial charge in [-0.25, -0.2) is 0 Å². The molecule has 0 spiro atoms. The summed E-state index contributed by atoms with van der Waals surface area (Å²) < 4.78 is 11.4. The molecule has 20 heavy (non-hydrogen) atoms. The van der Waals surface area contributed by atoms with E-state index in [2.05, 4.69) is 30.9 Å². The first-order valence-electron chi connectivity index (χ1n) is 7.46. The molecule has 4 heteroatoms. The van der Waals surface area contributed by atoms with Crippen LogP contribution >= 0.6 is 0 Å². The van der Waals surface area contributed by atoms with Crippen molar-refractivity contribution in [2.75, 3.05) is 26.2 Å². The van der Waals surface area contributed by atoms with Crippen molar-refractivity contribution < 1.29 is 9.47 Å². The molecule has 1 fully saturated rings. The first kappa shape index (κ1) is 15.3. The molecule has 1 heterocycles. The van der Waals surface area contributed by atoms with Crippen LogP contribution in [0.1, 0.15) is 32.4 Å². The second-order valence-electron chi connectivity index (χ2n) is 5.47. The molecular formula is C16H26N2O2. The fourth-order valence-electron chi connectivity index (χ4n) is 2.95. The second kappa shape index (κ2) is 7.07. The molecule has 0 saturated carbocycles. The van der Waals surface area contributed by atoms with Crippen LogP contribution in [0, 0.1) is 0 Å². The minimum atomic E-state index is 0.226. The molecule has 0 radical (unpaired) electrons. The van der Waals surface area contributed by atoms with Gasteiger partial charge in [0.15, 0.2) is 0 Å². The molecule has 1 saturated heterocycles. The van der Waals surface area contributed by atoms with Gasteiger partial charge in [0.05, 0.1) is 18.8 Å². The topological polar surface area (TPSA) is 47.7 Å². The van der Waals surface area contributed by atoms with Gasteiger partial charge in [-0.2, -0.15) is 0 Å². The van der Waals surface area contributed by atoms with Crippen LogP contribution in [0.3, 0.4) is 0 Å². The van der Waals surface area contributed by atoms with Crippen LogP contribution in [-0.2, 0) is 4.74 Å². The summed E-state index contributed by atoms with van der Waals surface area (Å²) in [7, 11) is 0. The van der Waals surface area contributed by atoms with E-state index in [4.69, 9.17) is 15.2 Å².